The van der Waals surface area contributed by atoms with Crippen LogP contribution in [0, 0.1) is 5.82 Å². The lowest BCUT2D eigenvalue weighted by Gasteiger charge is -2.32. The lowest BCUT2D eigenvalue weighted by Crippen LogP contribution is -2.49. The van der Waals surface area contributed by atoms with Crippen LogP contribution < -0.4 is 10.6 Å². The van der Waals surface area contributed by atoms with E-state index in [-0.39, 0.29) is 5.02 Å². The van der Waals surface area contributed by atoms with Crippen molar-refractivity contribution in [1.29, 1.82) is 0 Å². The number of rotatable bonds is 6. The topological polar surface area (TPSA) is 48.9 Å². The molecule has 0 radical (unpaired) electrons. The van der Waals surface area contributed by atoms with E-state index < -0.39 is 5.82 Å². The number of aliphatic imine (C=N–C) groups is 1. The van der Waals surface area contributed by atoms with Gasteiger partial charge in [0.25, 0.3) is 0 Å². The largest absolute Gasteiger partial charge is 0.379 e. The summed E-state index contributed by atoms with van der Waals surface area (Å²) in [5.74, 6) is 0.340. The van der Waals surface area contributed by atoms with Crippen LogP contribution in [0.15, 0.2) is 23.2 Å². The number of morpholine rings is 1. The maximum atomic E-state index is 13.2. The van der Waals surface area contributed by atoms with Gasteiger partial charge >= 0.3 is 0 Å². The molecule has 0 aromatic heterocycles. The van der Waals surface area contributed by atoms with Crippen molar-refractivity contribution in [2.45, 2.75) is 26.4 Å². The first kappa shape index (κ1) is 19.0. The fraction of sp³-hybridized carbons (Fsp3) is 0.588. The average molecular weight is 357 g/mol. The maximum Gasteiger partial charge on any atom is 0.191 e. The highest BCUT2D eigenvalue weighted by Gasteiger charge is 2.16. The van der Waals surface area contributed by atoms with Crippen molar-refractivity contribution < 1.29 is 9.13 Å². The van der Waals surface area contributed by atoms with E-state index in [4.69, 9.17) is 16.3 Å². The van der Waals surface area contributed by atoms with Gasteiger partial charge in [0.05, 0.1) is 24.8 Å². The number of hydrogen-bond donors (Lipinski definition) is 2. The monoisotopic (exact) mass is 356 g/mol. The van der Waals surface area contributed by atoms with E-state index in [1.54, 1.807) is 12.1 Å². The highest BCUT2D eigenvalue weighted by Crippen LogP contribution is 2.16. The third-order valence-electron chi connectivity index (χ3n) is 3.98. The molecular formula is C17H26ClFN4O. The first-order chi connectivity index (χ1) is 11.6. The lowest BCUT2D eigenvalue weighted by atomic mass is 10.2. The van der Waals surface area contributed by atoms with E-state index in [1.165, 1.54) is 6.07 Å². The van der Waals surface area contributed by atoms with Crippen LogP contribution in [-0.4, -0.2) is 56.3 Å². The minimum atomic E-state index is -0.409. The molecule has 0 saturated carbocycles. The normalized spacial score (nSPS) is 17.6. The zero-order valence-electron chi connectivity index (χ0n) is 14.3. The Balaban J connectivity index is 1.88. The van der Waals surface area contributed by atoms with Gasteiger partial charge < -0.3 is 15.4 Å². The van der Waals surface area contributed by atoms with Crippen molar-refractivity contribution in [3.8, 4) is 0 Å². The SMILES string of the molecule is CCNC(=NCc1ccc(F)c(Cl)c1)NCC(C)N1CCOCC1. The third kappa shape index (κ3) is 5.92. The summed E-state index contributed by atoms with van der Waals surface area (Å²) in [6, 6.07) is 5.08. The summed E-state index contributed by atoms with van der Waals surface area (Å²) in [6.07, 6.45) is 0. The second-order valence-corrected chi connectivity index (χ2v) is 6.23. The Morgan fingerprint density at radius 2 is 2.12 bits per heavy atom. The second kappa shape index (κ2) is 9.81. The first-order valence-corrected chi connectivity index (χ1v) is 8.76. The van der Waals surface area contributed by atoms with Crippen LogP contribution in [0.2, 0.25) is 5.02 Å². The van der Waals surface area contributed by atoms with Gasteiger partial charge in [0.15, 0.2) is 5.96 Å². The van der Waals surface area contributed by atoms with Gasteiger partial charge in [0.2, 0.25) is 0 Å². The van der Waals surface area contributed by atoms with E-state index in [0.29, 0.717) is 12.6 Å². The van der Waals surface area contributed by atoms with Crippen molar-refractivity contribution in [3.05, 3.63) is 34.6 Å². The van der Waals surface area contributed by atoms with Gasteiger partial charge in [0.1, 0.15) is 5.82 Å². The predicted octanol–water partition coefficient (Wildman–Crippen LogP) is 2.25. The molecule has 2 N–H and O–H groups in total. The average Bonchev–Trinajstić information content (AvgIpc) is 2.60. The molecule has 0 spiro atoms. The zero-order valence-corrected chi connectivity index (χ0v) is 15.1. The summed E-state index contributed by atoms with van der Waals surface area (Å²) in [7, 11) is 0. The summed E-state index contributed by atoms with van der Waals surface area (Å²) in [4.78, 5) is 6.94. The molecule has 1 fully saturated rings. The highest BCUT2D eigenvalue weighted by atomic mass is 35.5. The van der Waals surface area contributed by atoms with Crippen molar-refractivity contribution in [2.75, 3.05) is 39.4 Å². The Morgan fingerprint density at radius 3 is 2.79 bits per heavy atom. The molecule has 1 aliphatic heterocycles. The summed E-state index contributed by atoms with van der Waals surface area (Å²) < 4.78 is 18.6. The number of nitrogens with zero attached hydrogens (tertiary/aromatic N) is 2. The minimum Gasteiger partial charge on any atom is -0.379 e. The van der Waals surface area contributed by atoms with Crippen molar-refractivity contribution in [1.82, 2.24) is 15.5 Å². The molecular weight excluding hydrogens is 331 g/mol. The van der Waals surface area contributed by atoms with E-state index in [2.05, 4.69) is 27.4 Å². The van der Waals surface area contributed by atoms with Crippen molar-refractivity contribution >= 4 is 17.6 Å². The van der Waals surface area contributed by atoms with Crippen LogP contribution in [0.5, 0.6) is 0 Å². The maximum absolute atomic E-state index is 13.2. The van der Waals surface area contributed by atoms with Crippen LogP contribution in [0.1, 0.15) is 19.4 Å². The Kier molecular flexibility index (Phi) is 7.75. The van der Waals surface area contributed by atoms with Crippen molar-refractivity contribution in [2.24, 2.45) is 4.99 Å². The zero-order chi connectivity index (χ0) is 17.4. The Labute approximate surface area is 148 Å². The standard InChI is InChI=1S/C17H26ClFN4O/c1-3-20-17(21-11-13(2)23-6-8-24-9-7-23)22-12-14-4-5-16(19)15(18)10-14/h4-5,10,13H,3,6-9,11-12H2,1-2H3,(H2,20,21,22). The minimum absolute atomic E-state index is 0.126. The molecule has 1 unspecified atom stereocenters. The molecule has 1 aromatic carbocycles. The highest BCUT2D eigenvalue weighted by molar-refractivity contribution is 6.30. The molecule has 1 aromatic rings. The van der Waals surface area contributed by atoms with Crippen molar-refractivity contribution in [3.63, 3.8) is 0 Å². The van der Waals surface area contributed by atoms with Crippen LogP contribution in [0.25, 0.3) is 0 Å². The van der Waals surface area contributed by atoms with Crippen LogP contribution >= 0.6 is 11.6 Å². The quantitative estimate of drug-likeness (QED) is 0.606. The first-order valence-electron chi connectivity index (χ1n) is 8.38. The van der Waals surface area contributed by atoms with Gasteiger partial charge in [-0.05, 0) is 31.5 Å². The Morgan fingerprint density at radius 1 is 1.38 bits per heavy atom. The molecule has 1 atom stereocenters. The Hall–Kier alpha value is -1.37. The molecule has 0 aliphatic carbocycles. The molecule has 7 heteroatoms. The van der Waals surface area contributed by atoms with Gasteiger partial charge in [-0.25, -0.2) is 9.38 Å². The fourth-order valence-electron chi connectivity index (χ4n) is 2.54. The fourth-order valence-corrected chi connectivity index (χ4v) is 2.74. The second-order valence-electron chi connectivity index (χ2n) is 5.82. The molecule has 0 amide bonds. The number of nitrogens with one attached hydrogen (secondary N) is 2. The van der Waals surface area contributed by atoms with Gasteiger partial charge in [-0.3, -0.25) is 4.90 Å². The number of ether oxygens (including phenoxy) is 1. The van der Waals surface area contributed by atoms with Crippen LogP contribution in [-0.2, 0) is 11.3 Å². The van der Waals surface area contributed by atoms with Gasteiger partial charge in [-0.2, -0.15) is 0 Å². The molecule has 5 nitrogen and oxygen atoms in total. The molecule has 0 bridgehead atoms. The number of halogens is 2. The molecule has 1 heterocycles. The summed E-state index contributed by atoms with van der Waals surface area (Å²) >= 11 is 5.81. The molecule has 134 valence electrons. The molecule has 1 saturated heterocycles. The Bertz CT molecular complexity index is 549. The number of guanidine groups is 1. The van der Waals surface area contributed by atoms with E-state index >= 15 is 0 Å². The molecule has 2 rings (SSSR count). The van der Waals surface area contributed by atoms with Gasteiger partial charge in [0, 0.05) is 32.2 Å². The third-order valence-corrected chi connectivity index (χ3v) is 4.27. The summed E-state index contributed by atoms with van der Waals surface area (Å²) in [5.41, 5.74) is 0.875. The summed E-state index contributed by atoms with van der Waals surface area (Å²) in [5, 5.41) is 6.72. The number of hydrogen-bond acceptors (Lipinski definition) is 3. The molecule has 1 aliphatic rings. The van der Waals surface area contributed by atoms with Gasteiger partial charge in [-0.1, -0.05) is 17.7 Å². The lowest BCUT2D eigenvalue weighted by molar-refractivity contribution is 0.0211. The van der Waals surface area contributed by atoms with E-state index in [1.807, 2.05) is 6.92 Å². The van der Waals surface area contributed by atoms with Gasteiger partial charge in [-0.15, -0.1) is 0 Å². The van der Waals surface area contributed by atoms with Crippen LogP contribution in [0.4, 0.5) is 4.39 Å². The van der Waals surface area contributed by atoms with E-state index in [9.17, 15) is 4.39 Å². The molecule has 24 heavy (non-hydrogen) atoms. The predicted molar refractivity (Wildman–Crippen MR) is 96.1 cm³/mol. The number of benzene rings is 1. The summed E-state index contributed by atoms with van der Waals surface area (Å²) in [6.45, 7) is 9.76. The van der Waals surface area contributed by atoms with Crippen LogP contribution in [0.3, 0.4) is 0 Å². The smallest absolute Gasteiger partial charge is 0.191 e. The van der Waals surface area contributed by atoms with E-state index in [0.717, 1.165) is 50.9 Å².